The zero-order chi connectivity index (χ0) is 20.3. The van der Waals surface area contributed by atoms with Gasteiger partial charge in [0.05, 0.1) is 35.4 Å². The van der Waals surface area contributed by atoms with Crippen LogP contribution < -0.4 is 10.1 Å². The number of nitriles is 1. The number of allylic oxidation sites excluding steroid dienone is 1. The molecule has 0 saturated heterocycles. The number of methoxy groups -OCH3 is 1. The number of amides is 1. The minimum atomic E-state index is -0.595. The van der Waals surface area contributed by atoms with Crippen molar-refractivity contribution in [1.29, 1.82) is 5.26 Å². The van der Waals surface area contributed by atoms with Crippen LogP contribution in [0.2, 0.25) is 0 Å². The highest BCUT2D eigenvalue weighted by Crippen LogP contribution is 2.41. The lowest BCUT2D eigenvalue weighted by molar-refractivity contribution is -0.113. The number of rotatable bonds is 4. The van der Waals surface area contributed by atoms with Crippen LogP contribution in [0, 0.1) is 24.2 Å². The molecule has 144 valence electrons. The zero-order valence-corrected chi connectivity index (χ0v) is 17.0. The molecule has 1 amide bonds. The van der Waals surface area contributed by atoms with E-state index in [2.05, 4.69) is 16.4 Å². The van der Waals surface area contributed by atoms with Crippen molar-refractivity contribution in [2.75, 3.05) is 18.7 Å². The third kappa shape index (κ3) is 3.69. The second kappa shape index (κ2) is 8.36. The van der Waals surface area contributed by atoms with E-state index in [0.29, 0.717) is 33.5 Å². The minimum absolute atomic E-state index is 0.329. The molecule has 0 spiro atoms. The van der Waals surface area contributed by atoms with Gasteiger partial charge in [-0.15, -0.1) is 11.8 Å². The topological polar surface area (TPSA) is 87.6 Å². The summed E-state index contributed by atoms with van der Waals surface area (Å²) in [6.07, 6.45) is 1.88. The molecule has 0 aliphatic carbocycles. The molecule has 0 bridgehead atoms. The first-order valence-electron chi connectivity index (χ1n) is 8.73. The molecule has 28 heavy (non-hydrogen) atoms. The Hall–Kier alpha value is -2.98. The summed E-state index contributed by atoms with van der Waals surface area (Å²) in [6.45, 7) is 3.62. The zero-order valence-electron chi connectivity index (χ0n) is 16.1. The SMILES string of the molecule is COc1ccccc1NC(=O)C1=C(C)N=C(SC)C(C#N)[C@@H]1c1ccc(C)o1. The van der Waals surface area contributed by atoms with Gasteiger partial charge in [0.25, 0.3) is 5.91 Å². The van der Waals surface area contributed by atoms with Crippen LogP contribution in [0.5, 0.6) is 5.75 Å². The van der Waals surface area contributed by atoms with Crippen molar-refractivity contribution in [3.05, 3.63) is 59.2 Å². The fourth-order valence-corrected chi connectivity index (χ4v) is 3.97. The molecule has 1 aliphatic rings. The van der Waals surface area contributed by atoms with E-state index < -0.39 is 11.8 Å². The average molecular weight is 395 g/mol. The fraction of sp³-hybridized carbons (Fsp3) is 0.286. The molecule has 2 atom stereocenters. The summed E-state index contributed by atoms with van der Waals surface area (Å²) in [5.74, 6) is 0.402. The number of hydrogen-bond donors (Lipinski definition) is 1. The number of nitrogens with one attached hydrogen (secondary N) is 1. The number of carbonyl (C=O) groups excluding carboxylic acids is 1. The molecule has 7 heteroatoms. The summed E-state index contributed by atoms with van der Waals surface area (Å²) >= 11 is 1.41. The molecular formula is C21H21N3O3S. The van der Waals surface area contributed by atoms with Crippen molar-refractivity contribution < 1.29 is 13.9 Å². The Morgan fingerprint density at radius 1 is 1.29 bits per heavy atom. The Morgan fingerprint density at radius 3 is 2.64 bits per heavy atom. The molecular weight excluding hydrogens is 374 g/mol. The number of furan rings is 1. The predicted molar refractivity (Wildman–Crippen MR) is 111 cm³/mol. The number of para-hydroxylation sites is 2. The molecule has 1 aliphatic heterocycles. The molecule has 1 N–H and O–H groups in total. The van der Waals surface area contributed by atoms with E-state index in [4.69, 9.17) is 9.15 Å². The number of aliphatic imine (C=N–C) groups is 1. The van der Waals surface area contributed by atoms with Crippen molar-refractivity contribution >= 4 is 28.4 Å². The first kappa shape index (κ1) is 19.8. The second-order valence-corrected chi connectivity index (χ2v) is 7.17. The highest BCUT2D eigenvalue weighted by atomic mass is 32.2. The van der Waals surface area contributed by atoms with Crippen molar-refractivity contribution in [2.24, 2.45) is 10.9 Å². The Morgan fingerprint density at radius 2 is 2.04 bits per heavy atom. The number of aryl methyl sites for hydroxylation is 1. The first-order valence-corrected chi connectivity index (χ1v) is 9.96. The van der Waals surface area contributed by atoms with Crippen LogP contribution in [0.3, 0.4) is 0 Å². The highest BCUT2D eigenvalue weighted by Gasteiger charge is 2.40. The van der Waals surface area contributed by atoms with Crippen LogP contribution in [0.4, 0.5) is 5.69 Å². The summed E-state index contributed by atoms with van der Waals surface area (Å²) in [5, 5.41) is 13.4. The monoisotopic (exact) mass is 395 g/mol. The van der Waals surface area contributed by atoms with Gasteiger partial charge >= 0.3 is 0 Å². The van der Waals surface area contributed by atoms with Gasteiger partial charge in [-0.1, -0.05) is 12.1 Å². The largest absolute Gasteiger partial charge is 0.495 e. The van der Waals surface area contributed by atoms with Crippen LogP contribution in [-0.4, -0.2) is 24.3 Å². The van der Waals surface area contributed by atoms with E-state index in [1.165, 1.54) is 11.8 Å². The Kier molecular flexibility index (Phi) is 5.90. The average Bonchev–Trinajstić information content (AvgIpc) is 3.13. The standard InChI is InChI=1S/C21H21N3O3S/c1-12-9-10-17(27-12)19-14(11-22)21(28-4)23-13(2)18(19)20(25)24-15-7-5-6-8-16(15)26-3/h5-10,14,19H,1-4H3,(H,24,25)/t14?,19-/m1/s1. The van der Waals surface area contributed by atoms with Gasteiger partial charge in [0.15, 0.2) is 0 Å². The molecule has 1 aromatic heterocycles. The number of benzene rings is 1. The maximum atomic E-state index is 13.2. The Labute approximate surface area is 168 Å². The quantitative estimate of drug-likeness (QED) is 0.823. The van der Waals surface area contributed by atoms with Crippen LogP contribution >= 0.6 is 11.8 Å². The van der Waals surface area contributed by atoms with E-state index in [1.807, 2.05) is 37.4 Å². The molecule has 6 nitrogen and oxygen atoms in total. The van der Waals surface area contributed by atoms with Gasteiger partial charge in [-0.05, 0) is 44.4 Å². The van der Waals surface area contributed by atoms with Gasteiger partial charge < -0.3 is 14.5 Å². The summed E-state index contributed by atoms with van der Waals surface area (Å²) in [6, 6.07) is 13.1. The van der Waals surface area contributed by atoms with Gasteiger partial charge in [0.2, 0.25) is 0 Å². The van der Waals surface area contributed by atoms with E-state index in [0.717, 1.165) is 5.76 Å². The molecule has 0 saturated carbocycles. The molecule has 0 radical (unpaired) electrons. The summed E-state index contributed by atoms with van der Waals surface area (Å²) in [5.41, 5.74) is 1.55. The minimum Gasteiger partial charge on any atom is -0.495 e. The van der Waals surface area contributed by atoms with Crippen molar-refractivity contribution in [3.63, 3.8) is 0 Å². The third-order valence-electron chi connectivity index (χ3n) is 4.59. The smallest absolute Gasteiger partial charge is 0.254 e. The maximum Gasteiger partial charge on any atom is 0.254 e. The molecule has 2 heterocycles. The van der Waals surface area contributed by atoms with E-state index in [9.17, 15) is 10.1 Å². The number of hydrogen-bond acceptors (Lipinski definition) is 6. The van der Waals surface area contributed by atoms with E-state index in [1.54, 1.807) is 26.2 Å². The lowest BCUT2D eigenvalue weighted by Crippen LogP contribution is -2.31. The maximum absolute atomic E-state index is 13.2. The van der Waals surface area contributed by atoms with Crippen molar-refractivity contribution in [2.45, 2.75) is 19.8 Å². The van der Waals surface area contributed by atoms with Crippen LogP contribution in [0.15, 0.2) is 57.1 Å². The Balaban J connectivity index is 2.07. The molecule has 1 aromatic carbocycles. The molecule has 1 unspecified atom stereocenters. The lowest BCUT2D eigenvalue weighted by Gasteiger charge is -2.28. The van der Waals surface area contributed by atoms with Crippen LogP contribution in [0.1, 0.15) is 24.4 Å². The van der Waals surface area contributed by atoms with Crippen LogP contribution in [0.25, 0.3) is 0 Å². The van der Waals surface area contributed by atoms with Crippen LogP contribution in [-0.2, 0) is 4.79 Å². The first-order chi connectivity index (χ1) is 13.5. The summed E-state index contributed by atoms with van der Waals surface area (Å²) < 4.78 is 11.1. The second-order valence-electron chi connectivity index (χ2n) is 6.34. The van der Waals surface area contributed by atoms with Gasteiger partial charge in [-0.25, -0.2) is 4.99 Å². The normalized spacial score (nSPS) is 19.0. The van der Waals surface area contributed by atoms with Gasteiger partial charge in [0, 0.05) is 5.70 Å². The van der Waals surface area contributed by atoms with Gasteiger partial charge in [-0.3, -0.25) is 4.79 Å². The summed E-state index contributed by atoms with van der Waals surface area (Å²) in [7, 11) is 1.55. The lowest BCUT2D eigenvalue weighted by atomic mass is 9.81. The highest BCUT2D eigenvalue weighted by molar-refractivity contribution is 8.13. The molecule has 3 rings (SSSR count). The number of carbonyl (C=O) groups is 1. The predicted octanol–water partition coefficient (Wildman–Crippen LogP) is 4.51. The summed E-state index contributed by atoms with van der Waals surface area (Å²) in [4.78, 5) is 17.8. The number of ether oxygens (including phenoxy) is 1. The number of thioether (sulfide) groups is 1. The molecule has 0 fully saturated rings. The van der Waals surface area contributed by atoms with Crippen molar-refractivity contribution in [3.8, 4) is 11.8 Å². The van der Waals surface area contributed by atoms with E-state index >= 15 is 0 Å². The van der Waals surface area contributed by atoms with Crippen molar-refractivity contribution in [1.82, 2.24) is 0 Å². The van der Waals surface area contributed by atoms with Gasteiger partial charge in [0.1, 0.15) is 23.2 Å². The third-order valence-corrected chi connectivity index (χ3v) is 5.36. The fourth-order valence-electron chi connectivity index (χ4n) is 3.30. The Bertz CT molecular complexity index is 1000. The molecule has 2 aromatic rings. The van der Waals surface area contributed by atoms with E-state index in [-0.39, 0.29) is 5.91 Å². The number of nitrogens with zero attached hydrogens (tertiary/aromatic N) is 2. The van der Waals surface area contributed by atoms with Gasteiger partial charge in [-0.2, -0.15) is 5.26 Å². The number of anilines is 1.